The van der Waals surface area contributed by atoms with Crippen LogP contribution in [0.25, 0.3) is 0 Å². The molecule has 0 aromatic heterocycles. The van der Waals surface area contributed by atoms with E-state index < -0.39 is 15.8 Å². The van der Waals surface area contributed by atoms with Crippen LogP contribution in [0, 0.1) is 5.82 Å². The molecule has 1 fully saturated rings. The molecular formula is C18H26FN3O4S. The Morgan fingerprint density at radius 2 is 1.96 bits per heavy atom. The number of rotatable bonds is 7. The van der Waals surface area contributed by atoms with Crippen LogP contribution in [0.2, 0.25) is 0 Å². The van der Waals surface area contributed by atoms with Crippen LogP contribution in [0.1, 0.15) is 32.6 Å². The fourth-order valence-corrected chi connectivity index (χ4v) is 4.34. The number of halogens is 1. The zero-order valence-corrected chi connectivity index (χ0v) is 16.5. The van der Waals surface area contributed by atoms with E-state index in [2.05, 4.69) is 5.32 Å². The Morgan fingerprint density at radius 3 is 2.59 bits per heavy atom. The van der Waals surface area contributed by atoms with E-state index >= 15 is 0 Å². The third kappa shape index (κ3) is 6.00. The topological polar surface area (TPSA) is 86.8 Å². The maximum absolute atomic E-state index is 13.0. The van der Waals surface area contributed by atoms with Crippen LogP contribution in [-0.2, 0) is 19.6 Å². The van der Waals surface area contributed by atoms with Gasteiger partial charge in [0.25, 0.3) is 0 Å². The normalized spacial score (nSPS) is 17.8. The van der Waals surface area contributed by atoms with Gasteiger partial charge in [-0.05, 0) is 43.5 Å². The summed E-state index contributed by atoms with van der Waals surface area (Å²) in [4.78, 5) is 25.3. The molecule has 0 saturated carbocycles. The van der Waals surface area contributed by atoms with Gasteiger partial charge in [-0.2, -0.15) is 0 Å². The first-order valence-corrected chi connectivity index (χ1v) is 10.4. The molecule has 0 bridgehead atoms. The van der Waals surface area contributed by atoms with Crippen LogP contribution >= 0.6 is 0 Å². The highest BCUT2D eigenvalue weighted by Crippen LogP contribution is 2.16. The number of likely N-dealkylation sites (tertiary alicyclic amines) is 1. The third-order valence-electron chi connectivity index (χ3n) is 4.57. The molecule has 9 heteroatoms. The lowest BCUT2D eigenvalue weighted by Gasteiger charge is -2.33. The number of piperidine rings is 1. The van der Waals surface area contributed by atoms with Gasteiger partial charge in [0.15, 0.2) is 0 Å². The highest BCUT2D eigenvalue weighted by molar-refractivity contribution is 7.89. The molecule has 2 amide bonds. The van der Waals surface area contributed by atoms with Gasteiger partial charge < -0.3 is 10.2 Å². The lowest BCUT2D eigenvalue weighted by atomic mass is 10.0. The monoisotopic (exact) mass is 399 g/mol. The Labute approximate surface area is 159 Å². The van der Waals surface area contributed by atoms with E-state index in [0.717, 1.165) is 25.0 Å². The van der Waals surface area contributed by atoms with Gasteiger partial charge >= 0.3 is 0 Å². The molecule has 150 valence electrons. The fraction of sp³-hybridized carbons (Fsp3) is 0.556. The van der Waals surface area contributed by atoms with Crippen molar-refractivity contribution < 1.29 is 22.4 Å². The van der Waals surface area contributed by atoms with E-state index in [1.165, 1.54) is 30.4 Å². The van der Waals surface area contributed by atoms with Gasteiger partial charge in [-0.3, -0.25) is 9.59 Å². The van der Waals surface area contributed by atoms with E-state index in [-0.39, 0.29) is 35.7 Å². The molecule has 1 atom stereocenters. The predicted molar refractivity (Wildman–Crippen MR) is 98.9 cm³/mol. The number of carbonyl (C=O) groups excluding carboxylic acids is 2. The average Bonchev–Trinajstić information content (AvgIpc) is 2.61. The Morgan fingerprint density at radius 1 is 1.30 bits per heavy atom. The fourth-order valence-electron chi connectivity index (χ4n) is 3.13. The van der Waals surface area contributed by atoms with Gasteiger partial charge in [0.2, 0.25) is 21.8 Å². The minimum absolute atomic E-state index is 0.0203. The first-order valence-electron chi connectivity index (χ1n) is 8.97. The number of benzene rings is 1. The summed E-state index contributed by atoms with van der Waals surface area (Å²) in [5.74, 6) is -0.652. The molecule has 27 heavy (non-hydrogen) atoms. The lowest BCUT2D eigenvalue weighted by Crippen LogP contribution is -2.49. The summed E-state index contributed by atoms with van der Waals surface area (Å²) in [7, 11) is -2.27. The number of amides is 2. The third-order valence-corrected chi connectivity index (χ3v) is 6.44. The molecule has 2 rings (SSSR count). The summed E-state index contributed by atoms with van der Waals surface area (Å²) in [6.07, 6.45) is 2.30. The van der Waals surface area contributed by atoms with Crippen LogP contribution < -0.4 is 5.32 Å². The molecular weight excluding hydrogens is 373 g/mol. The summed E-state index contributed by atoms with van der Waals surface area (Å²) in [5.41, 5.74) is 0. The zero-order valence-electron chi connectivity index (χ0n) is 15.7. The number of sulfonamides is 1. The molecule has 0 radical (unpaired) electrons. The average molecular weight is 399 g/mol. The number of carbonyl (C=O) groups is 2. The smallest absolute Gasteiger partial charge is 0.242 e. The first kappa shape index (κ1) is 21.3. The van der Waals surface area contributed by atoms with Gasteiger partial charge in [-0.15, -0.1) is 0 Å². The zero-order chi connectivity index (χ0) is 20.0. The van der Waals surface area contributed by atoms with Gasteiger partial charge in [-0.1, -0.05) is 0 Å². The maximum atomic E-state index is 13.0. The molecule has 1 unspecified atom stereocenters. The molecule has 1 heterocycles. The van der Waals surface area contributed by atoms with Crippen molar-refractivity contribution in [3.63, 3.8) is 0 Å². The van der Waals surface area contributed by atoms with Crippen molar-refractivity contribution in [1.29, 1.82) is 0 Å². The van der Waals surface area contributed by atoms with Gasteiger partial charge in [0.05, 0.1) is 4.90 Å². The molecule has 7 nitrogen and oxygen atoms in total. The van der Waals surface area contributed by atoms with Crippen molar-refractivity contribution in [3.05, 3.63) is 30.1 Å². The summed E-state index contributed by atoms with van der Waals surface area (Å²) in [6.45, 7) is 2.79. The molecule has 1 saturated heterocycles. The largest absolute Gasteiger partial charge is 0.352 e. The SMILES string of the molecule is CC(=O)NC1CCCN(C(=O)CCCN(C)S(=O)(=O)c2ccc(F)cc2)C1. The number of nitrogens with one attached hydrogen (secondary N) is 1. The summed E-state index contributed by atoms with van der Waals surface area (Å²) < 4.78 is 39.0. The standard InChI is InChI=1S/C18H26FN3O4S/c1-14(23)20-16-5-3-12-22(13-16)18(24)6-4-11-21(2)27(25,26)17-9-7-15(19)8-10-17/h7-10,16H,3-6,11-13H2,1-2H3,(H,20,23). The van der Waals surface area contributed by atoms with E-state index in [1.807, 2.05) is 0 Å². The quantitative estimate of drug-likeness (QED) is 0.750. The highest BCUT2D eigenvalue weighted by atomic mass is 32.2. The Kier molecular flexibility index (Phi) is 7.32. The molecule has 0 aliphatic carbocycles. The minimum Gasteiger partial charge on any atom is -0.352 e. The maximum Gasteiger partial charge on any atom is 0.242 e. The van der Waals surface area contributed by atoms with Gasteiger partial charge in [-0.25, -0.2) is 17.1 Å². The number of nitrogens with zero attached hydrogens (tertiary/aromatic N) is 2. The second-order valence-corrected chi connectivity index (χ2v) is 8.81. The summed E-state index contributed by atoms with van der Waals surface area (Å²) >= 11 is 0. The molecule has 1 aromatic rings. The molecule has 0 spiro atoms. The molecule has 1 aromatic carbocycles. The van der Waals surface area contributed by atoms with E-state index in [1.54, 1.807) is 4.90 Å². The van der Waals surface area contributed by atoms with Crippen molar-refractivity contribution in [2.75, 3.05) is 26.7 Å². The summed E-state index contributed by atoms with van der Waals surface area (Å²) in [6, 6.07) is 4.63. The molecule has 1 N–H and O–H groups in total. The Balaban J connectivity index is 1.83. The summed E-state index contributed by atoms with van der Waals surface area (Å²) in [5, 5.41) is 2.84. The predicted octanol–water partition coefficient (Wildman–Crippen LogP) is 1.35. The number of hydrogen-bond donors (Lipinski definition) is 1. The van der Waals surface area contributed by atoms with E-state index in [4.69, 9.17) is 0 Å². The van der Waals surface area contributed by atoms with Crippen LogP contribution in [0.15, 0.2) is 29.2 Å². The van der Waals surface area contributed by atoms with Crippen molar-refractivity contribution in [1.82, 2.24) is 14.5 Å². The van der Waals surface area contributed by atoms with Crippen LogP contribution in [0.5, 0.6) is 0 Å². The van der Waals surface area contributed by atoms with E-state index in [9.17, 15) is 22.4 Å². The molecule has 1 aliphatic rings. The first-order chi connectivity index (χ1) is 12.7. The highest BCUT2D eigenvalue weighted by Gasteiger charge is 2.25. The number of hydrogen-bond acceptors (Lipinski definition) is 4. The van der Waals surface area contributed by atoms with Crippen molar-refractivity contribution in [2.24, 2.45) is 0 Å². The van der Waals surface area contributed by atoms with Crippen molar-refractivity contribution in [3.8, 4) is 0 Å². The second kappa shape index (κ2) is 9.27. The molecule has 1 aliphatic heterocycles. The Hall–Kier alpha value is -2.00. The van der Waals surface area contributed by atoms with Crippen molar-refractivity contribution >= 4 is 21.8 Å². The van der Waals surface area contributed by atoms with Crippen molar-refractivity contribution in [2.45, 2.75) is 43.5 Å². The lowest BCUT2D eigenvalue weighted by molar-refractivity contribution is -0.133. The van der Waals surface area contributed by atoms with E-state index in [0.29, 0.717) is 19.5 Å². The Bertz CT molecular complexity index is 767. The van der Waals surface area contributed by atoms with Gasteiger partial charge in [0.1, 0.15) is 5.82 Å². The van der Waals surface area contributed by atoms with Crippen LogP contribution in [0.4, 0.5) is 4.39 Å². The second-order valence-electron chi connectivity index (χ2n) is 6.76. The van der Waals surface area contributed by atoms with Crippen LogP contribution in [-0.4, -0.2) is 62.2 Å². The van der Waals surface area contributed by atoms with Crippen LogP contribution in [0.3, 0.4) is 0 Å². The minimum atomic E-state index is -3.71. The van der Waals surface area contributed by atoms with Gasteiger partial charge in [0, 0.05) is 46.1 Å².